The third kappa shape index (κ3) is 4.32. The summed E-state index contributed by atoms with van der Waals surface area (Å²) in [6.07, 6.45) is 3.11. The second-order valence-corrected chi connectivity index (χ2v) is 7.31. The lowest BCUT2D eigenvalue weighted by atomic mass is 9.93. The zero-order chi connectivity index (χ0) is 20.3. The Labute approximate surface area is 164 Å². The van der Waals surface area contributed by atoms with Gasteiger partial charge in [-0.05, 0) is 53.8 Å². The summed E-state index contributed by atoms with van der Waals surface area (Å²) in [5, 5.41) is 0. The van der Waals surface area contributed by atoms with Crippen molar-refractivity contribution in [2.24, 2.45) is 5.92 Å². The number of halogens is 1. The van der Waals surface area contributed by atoms with Crippen molar-refractivity contribution < 1.29 is 18.4 Å². The number of carbonyl (C=O) groups is 2. The number of rotatable bonds is 4. The first-order valence-electron chi connectivity index (χ1n) is 9.46. The Bertz CT molecular complexity index is 879. The predicted molar refractivity (Wildman–Crippen MR) is 105 cm³/mol. The van der Waals surface area contributed by atoms with Gasteiger partial charge in [0.1, 0.15) is 5.82 Å². The van der Waals surface area contributed by atoms with Crippen molar-refractivity contribution >= 4 is 17.4 Å². The molecule has 2 heterocycles. The van der Waals surface area contributed by atoms with Crippen molar-refractivity contribution in [2.45, 2.75) is 20.8 Å². The number of hydrogen-bond acceptors (Lipinski definition) is 3. The Morgan fingerprint density at radius 1 is 1.11 bits per heavy atom. The van der Waals surface area contributed by atoms with Crippen molar-refractivity contribution in [1.29, 1.82) is 0 Å². The Morgan fingerprint density at radius 3 is 2.36 bits per heavy atom. The molecule has 148 valence electrons. The topological polar surface area (TPSA) is 53.8 Å². The number of carbonyl (C=O) groups excluding carboxylic acids is 2. The molecule has 1 aliphatic heterocycles. The van der Waals surface area contributed by atoms with Crippen molar-refractivity contribution in [3.05, 3.63) is 65.4 Å². The second kappa shape index (κ2) is 8.42. The fourth-order valence-corrected chi connectivity index (χ4v) is 3.32. The molecule has 5 nitrogen and oxygen atoms in total. The Morgan fingerprint density at radius 2 is 1.79 bits per heavy atom. The van der Waals surface area contributed by atoms with E-state index in [1.54, 1.807) is 47.1 Å². The molecule has 1 aromatic carbocycles. The number of benzene rings is 1. The van der Waals surface area contributed by atoms with Crippen LogP contribution < -0.4 is 0 Å². The van der Waals surface area contributed by atoms with Gasteiger partial charge in [0.25, 0.3) is 5.91 Å². The molecule has 28 heavy (non-hydrogen) atoms. The highest BCUT2D eigenvalue weighted by atomic mass is 19.1. The van der Waals surface area contributed by atoms with E-state index in [-0.39, 0.29) is 23.5 Å². The van der Waals surface area contributed by atoms with Gasteiger partial charge in [-0.1, -0.05) is 19.9 Å². The van der Waals surface area contributed by atoms with Gasteiger partial charge in [0.2, 0.25) is 5.91 Å². The Kier molecular flexibility index (Phi) is 5.97. The first-order valence-corrected chi connectivity index (χ1v) is 9.46. The van der Waals surface area contributed by atoms with Crippen molar-refractivity contribution in [1.82, 2.24) is 9.80 Å². The molecular weight excluding hydrogens is 359 g/mol. The zero-order valence-corrected chi connectivity index (χ0v) is 16.4. The van der Waals surface area contributed by atoms with Crippen LogP contribution in [0.4, 0.5) is 4.39 Å². The van der Waals surface area contributed by atoms with E-state index in [4.69, 9.17) is 4.42 Å². The lowest BCUT2D eigenvalue weighted by molar-refractivity contribution is -0.127. The van der Waals surface area contributed by atoms with Crippen LogP contribution in [0.1, 0.15) is 35.5 Å². The molecule has 0 N–H and O–H groups in total. The highest BCUT2D eigenvalue weighted by molar-refractivity contribution is 5.96. The van der Waals surface area contributed by atoms with E-state index >= 15 is 0 Å². The summed E-state index contributed by atoms with van der Waals surface area (Å²) in [6, 6.07) is 8.24. The van der Waals surface area contributed by atoms with Gasteiger partial charge < -0.3 is 14.2 Å². The maximum absolute atomic E-state index is 13.6. The van der Waals surface area contributed by atoms with Crippen LogP contribution in [0.15, 0.2) is 47.1 Å². The van der Waals surface area contributed by atoms with Gasteiger partial charge in [-0.25, -0.2) is 4.39 Å². The molecule has 2 aromatic rings. The molecule has 0 saturated carbocycles. The molecule has 1 aromatic heterocycles. The predicted octanol–water partition coefficient (Wildman–Crippen LogP) is 3.75. The normalized spacial score (nSPS) is 15.2. The minimum atomic E-state index is -0.254. The van der Waals surface area contributed by atoms with E-state index in [1.165, 1.54) is 12.3 Å². The molecule has 0 unspecified atom stereocenters. The van der Waals surface area contributed by atoms with E-state index in [0.717, 1.165) is 11.1 Å². The lowest BCUT2D eigenvalue weighted by Crippen LogP contribution is -2.50. The molecule has 6 heteroatoms. The van der Waals surface area contributed by atoms with Crippen molar-refractivity contribution in [3.63, 3.8) is 0 Å². The summed E-state index contributed by atoms with van der Waals surface area (Å²) in [5.74, 6) is -0.0623. The van der Waals surface area contributed by atoms with Crippen LogP contribution in [0.25, 0.3) is 5.57 Å². The van der Waals surface area contributed by atoms with Crippen LogP contribution in [0.2, 0.25) is 0 Å². The van der Waals surface area contributed by atoms with Crippen molar-refractivity contribution in [3.8, 4) is 0 Å². The molecule has 0 bridgehead atoms. The SMILES string of the molecule is Cc1cc(/C(=C/C(=O)N2CCN(C(=O)c3ccco3)CC2)C(C)C)ccc1F. The van der Waals surface area contributed by atoms with Crippen LogP contribution >= 0.6 is 0 Å². The van der Waals surface area contributed by atoms with Crippen LogP contribution in [-0.2, 0) is 4.79 Å². The molecule has 1 aliphatic rings. The van der Waals surface area contributed by atoms with E-state index in [1.807, 2.05) is 13.8 Å². The summed E-state index contributed by atoms with van der Waals surface area (Å²) in [4.78, 5) is 28.6. The molecule has 0 radical (unpaired) electrons. The first-order chi connectivity index (χ1) is 13.4. The molecule has 0 aliphatic carbocycles. The maximum atomic E-state index is 13.6. The van der Waals surface area contributed by atoms with E-state index in [2.05, 4.69) is 0 Å². The number of nitrogens with zero attached hydrogens (tertiary/aromatic N) is 2. The number of furan rings is 1. The zero-order valence-electron chi connectivity index (χ0n) is 16.4. The smallest absolute Gasteiger partial charge is 0.289 e. The Balaban J connectivity index is 1.69. The highest BCUT2D eigenvalue weighted by Gasteiger charge is 2.25. The van der Waals surface area contributed by atoms with Crippen LogP contribution in [0.5, 0.6) is 0 Å². The molecule has 1 fully saturated rings. The molecule has 3 rings (SSSR count). The van der Waals surface area contributed by atoms with Gasteiger partial charge in [0, 0.05) is 32.3 Å². The van der Waals surface area contributed by atoms with Crippen molar-refractivity contribution in [2.75, 3.05) is 26.2 Å². The van der Waals surface area contributed by atoms with Gasteiger partial charge in [-0.2, -0.15) is 0 Å². The average Bonchev–Trinajstić information content (AvgIpc) is 3.22. The van der Waals surface area contributed by atoms with Gasteiger partial charge in [0.05, 0.1) is 6.26 Å². The minimum Gasteiger partial charge on any atom is -0.459 e. The third-order valence-corrected chi connectivity index (χ3v) is 5.00. The van der Waals surface area contributed by atoms with Gasteiger partial charge >= 0.3 is 0 Å². The van der Waals surface area contributed by atoms with Crippen LogP contribution in [-0.4, -0.2) is 47.8 Å². The largest absolute Gasteiger partial charge is 0.459 e. The Hall–Kier alpha value is -2.89. The summed E-state index contributed by atoms with van der Waals surface area (Å²) < 4.78 is 18.7. The summed E-state index contributed by atoms with van der Waals surface area (Å²) in [6.45, 7) is 7.60. The third-order valence-electron chi connectivity index (χ3n) is 5.00. The molecule has 2 amide bonds. The van der Waals surface area contributed by atoms with Crippen LogP contribution in [0, 0.1) is 18.7 Å². The average molecular weight is 384 g/mol. The molecule has 0 spiro atoms. The summed E-state index contributed by atoms with van der Waals surface area (Å²) >= 11 is 0. The first kappa shape index (κ1) is 19.9. The van der Waals surface area contributed by atoms with E-state index in [9.17, 15) is 14.0 Å². The van der Waals surface area contributed by atoms with E-state index < -0.39 is 0 Å². The minimum absolute atomic E-state index is 0.0872. The molecule has 1 saturated heterocycles. The molecular formula is C22H25FN2O3. The monoisotopic (exact) mass is 384 g/mol. The number of allylic oxidation sites excluding steroid dienone is 1. The fraction of sp³-hybridized carbons (Fsp3) is 0.364. The van der Waals surface area contributed by atoms with Gasteiger partial charge in [-0.3, -0.25) is 9.59 Å². The van der Waals surface area contributed by atoms with Crippen LogP contribution in [0.3, 0.4) is 0 Å². The number of amides is 2. The summed E-state index contributed by atoms with van der Waals surface area (Å²) in [5.41, 5.74) is 2.29. The van der Waals surface area contributed by atoms with Gasteiger partial charge in [0.15, 0.2) is 5.76 Å². The molecule has 0 atom stereocenters. The highest BCUT2D eigenvalue weighted by Crippen LogP contribution is 2.25. The summed E-state index contributed by atoms with van der Waals surface area (Å²) in [7, 11) is 0. The fourth-order valence-electron chi connectivity index (χ4n) is 3.32. The number of aryl methyl sites for hydroxylation is 1. The number of piperazine rings is 1. The van der Waals surface area contributed by atoms with E-state index in [0.29, 0.717) is 37.5 Å². The maximum Gasteiger partial charge on any atom is 0.289 e. The standard InChI is InChI=1S/C22H25FN2O3/c1-15(2)18(17-6-7-19(23)16(3)13-17)14-21(26)24-8-10-25(11-9-24)22(27)20-5-4-12-28-20/h4-7,12-15H,8-11H2,1-3H3/b18-14+. The lowest BCUT2D eigenvalue weighted by Gasteiger charge is -2.34. The quantitative estimate of drug-likeness (QED) is 0.755. The second-order valence-electron chi connectivity index (χ2n) is 7.31. The van der Waals surface area contributed by atoms with Gasteiger partial charge in [-0.15, -0.1) is 0 Å². The number of hydrogen-bond donors (Lipinski definition) is 0.